The molecule has 3 rings (SSSR count). The highest BCUT2D eigenvalue weighted by molar-refractivity contribution is 9.10. The Morgan fingerprint density at radius 1 is 1.39 bits per heavy atom. The highest BCUT2D eigenvalue weighted by Crippen LogP contribution is 2.39. The molecule has 1 fully saturated rings. The summed E-state index contributed by atoms with van der Waals surface area (Å²) in [4.78, 5) is 16.2. The normalized spacial score (nSPS) is 22.5. The topological polar surface area (TPSA) is 47.8 Å². The van der Waals surface area contributed by atoms with Gasteiger partial charge in [-0.2, -0.15) is 5.10 Å². The van der Waals surface area contributed by atoms with Crippen LogP contribution < -0.4 is 0 Å². The van der Waals surface area contributed by atoms with Gasteiger partial charge in [0.2, 0.25) is 0 Å². The van der Waals surface area contributed by atoms with Crippen LogP contribution in [0.15, 0.2) is 41.3 Å². The molecule has 0 amide bonds. The first kappa shape index (κ1) is 11.6. The number of rotatable bonds is 3. The van der Waals surface area contributed by atoms with Crippen LogP contribution in [0.2, 0.25) is 0 Å². The maximum absolute atomic E-state index is 12.1. The van der Waals surface area contributed by atoms with Crippen molar-refractivity contribution in [3.05, 3.63) is 47.0 Å². The molecule has 0 N–H and O–H groups in total. The number of halogens is 1. The Bertz CT molecular complexity index is 561. The van der Waals surface area contributed by atoms with Gasteiger partial charge < -0.3 is 0 Å². The van der Waals surface area contributed by atoms with E-state index in [-0.39, 0.29) is 11.7 Å². The minimum Gasteiger partial charge on any atom is -0.292 e. The monoisotopic (exact) mass is 305 g/mol. The van der Waals surface area contributed by atoms with Gasteiger partial charge in [-0.3, -0.25) is 14.5 Å². The molecule has 2 aromatic heterocycles. The number of carbonyl (C=O) groups excluding carboxylic acids is 1. The van der Waals surface area contributed by atoms with Gasteiger partial charge in [-0.25, -0.2) is 0 Å². The Labute approximate surface area is 113 Å². The van der Waals surface area contributed by atoms with Crippen molar-refractivity contribution in [1.82, 2.24) is 14.8 Å². The minimum atomic E-state index is 0.0906. The molecule has 1 saturated carbocycles. The molecule has 1 aliphatic rings. The zero-order chi connectivity index (χ0) is 12.5. The predicted octanol–water partition coefficient (Wildman–Crippen LogP) is 2.87. The molecule has 18 heavy (non-hydrogen) atoms. The fourth-order valence-corrected chi connectivity index (χ4v) is 2.55. The lowest BCUT2D eigenvalue weighted by atomic mass is 9.76. The van der Waals surface area contributed by atoms with Crippen LogP contribution in [0, 0.1) is 5.92 Å². The first-order valence-electron chi connectivity index (χ1n) is 5.89. The lowest BCUT2D eigenvalue weighted by molar-refractivity contribution is 0.0768. The molecule has 0 spiro atoms. The summed E-state index contributed by atoms with van der Waals surface area (Å²) in [6.45, 7) is 0. The van der Waals surface area contributed by atoms with E-state index in [1.807, 2.05) is 23.0 Å². The van der Waals surface area contributed by atoms with Crippen LogP contribution in [0.3, 0.4) is 0 Å². The number of Topliss-reactive ketones (excluding diaryl/α,β-unsaturated/α-hetero) is 1. The molecule has 0 aromatic carbocycles. The number of ketones is 1. The Morgan fingerprint density at radius 3 is 2.83 bits per heavy atom. The lowest BCUT2D eigenvalue weighted by Crippen LogP contribution is -2.33. The summed E-state index contributed by atoms with van der Waals surface area (Å²) in [5, 5.41) is 4.25. The van der Waals surface area contributed by atoms with Gasteiger partial charge in [0.05, 0.1) is 16.7 Å². The summed E-state index contributed by atoms with van der Waals surface area (Å²) in [6, 6.07) is 5.79. The summed E-state index contributed by atoms with van der Waals surface area (Å²) in [7, 11) is 0. The van der Waals surface area contributed by atoms with Gasteiger partial charge in [-0.05, 0) is 40.9 Å². The largest absolute Gasteiger partial charge is 0.292 e. The van der Waals surface area contributed by atoms with Crippen LogP contribution >= 0.6 is 15.9 Å². The van der Waals surface area contributed by atoms with Gasteiger partial charge in [0.1, 0.15) is 5.69 Å². The average molecular weight is 306 g/mol. The van der Waals surface area contributed by atoms with Crippen LogP contribution in [0.5, 0.6) is 0 Å². The van der Waals surface area contributed by atoms with E-state index in [4.69, 9.17) is 0 Å². The van der Waals surface area contributed by atoms with Crippen molar-refractivity contribution >= 4 is 21.7 Å². The van der Waals surface area contributed by atoms with Crippen molar-refractivity contribution in [2.45, 2.75) is 18.9 Å². The van der Waals surface area contributed by atoms with E-state index < -0.39 is 0 Å². The molecule has 0 saturated heterocycles. The molecule has 0 atom stereocenters. The van der Waals surface area contributed by atoms with Crippen LogP contribution in [0.1, 0.15) is 29.4 Å². The van der Waals surface area contributed by atoms with Gasteiger partial charge in [-0.1, -0.05) is 6.07 Å². The van der Waals surface area contributed by atoms with E-state index in [2.05, 4.69) is 26.0 Å². The van der Waals surface area contributed by atoms with Crippen molar-refractivity contribution in [3.63, 3.8) is 0 Å². The highest BCUT2D eigenvalue weighted by atomic mass is 79.9. The molecule has 2 heterocycles. The van der Waals surface area contributed by atoms with Crippen LogP contribution in [-0.4, -0.2) is 20.5 Å². The minimum absolute atomic E-state index is 0.0906. The van der Waals surface area contributed by atoms with E-state index in [9.17, 15) is 4.79 Å². The van der Waals surface area contributed by atoms with Crippen LogP contribution in [0.4, 0.5) is 0 Å². The van der Waals surface area contributed by atoms with E-state index in [1.54, 1.807) is 18.5 Å². The quantitative estimate of drug-likeness (QED) is 0.819. The Morgan fingerprint density at radius 2 is 2.22 bits per heavy atom. The fraction of sp³-hybridized carbons (Fsp3) is 0.308. The molecule has 0 radical (unpaired) electrons. The molecule has 0 bridgehead atoms. The van der Waals surface area contributed by atoms with E-state index >= 15 is 0 Å². The SMILES string of the molecule is O=C(c1ccccn1)C1CC(n2cc(Br)cn2)C1. The Kier molecular flexibility index (Phi) is 2.99. The zero-order valence-electron chi connectivity index (χ0n) is 9.66. The summed E-state index contributed by atoms with van der Waals surface area (Å²) in [6.07, 6.45) is 7.08. The second kappa shape index (κ2) is 4.65. The second-order valence-electron chi connectivity index (χ2n) is 4.54. The number of aromatic nitrogens is 3. The molecule has 5 heteroatoms. The summed E-state index contributed by atoms with van der Waals surface area (Å²) < 4.78 is 2.90. The smallest absolute Gasteiger partial charge is 0.184 e. The second-order valence-corrected chi connectivity index (χ2v) is 5.46. The van der Waals surface area contributed by atoms with Gasteiger partial charge in [-0.15, -0.1) is 0 Å². The lowest BCUT2D eigenvalue weighted by Gasteiger charge is -2.34. The average Bonchev–Trinajstić information content (AvgIpc) is 2.75. The van der Waals surface area contributed by atoms with Gasteiger partial charge in [0.25, 0.3) is 0 Å². The predicted molar refractivity (Wildman–Crippen MR) is 70.3 cm³/mol. The van der Waals surface area contributed by atoms with Crippen LogP contribution in [-0.2, 0) is 0 Å². The third-order valence-corrected chi connectivity index (χ3v) is 3.75. The number of carbonyl (C=O) groups is 1. The van der Waals surface area contributed by atoms with Crippen molar-refractivity contribution < 1.29 is 4.79 Å². The van der Waals surface area contributed by atoms with Crippen LogP contribution in [0.25, 0.3) is 0 Å². The van der Waals surface area contributed by atoms with E-state index in [0.29, 0.717) is 11.7 Å². The number of hydrogen-bond acceptors (Lipinski definition) is 3. The molecule has 92 valence electrons. The molecular formula is C13H12BrN3O. The molecule has 0 aliphatic heterocycles. The third-order valence-electron chi connectivity index (χ3n) is 3.35. The Balaban J connectivity index is 1.64. The summed E-state index contributed by atoms with van der Waals surface area (Å²) in [5.41, 5.74) is 0.572. The van der Waals surface area contributed by atoms with Gasteiger partial charge in [0.15, 0.2) is 5.78 Å². The Hall–Kier alpha value is -1.49. The zero-order valence-corrected chi connectivity index (χ0v) is 11.2. The molecule has 1 aliphatic carbocycles. The van der Waals surface area contributed by atoms with Gasteiger partial charge in [0, 0.05) is 18.3 Å². The number of nitrogens with zero attached hydrogens (tertiary/aromatic N) is 3. The highest BCUT2D eigenvalue weighted by Gasteiger charge is 2.36. The fourth-order valence-electron chi connectivity index (χ4n) is 2.25. The van der Waals surface area contributed by atoms with Crippen molar-refractivity contribution in [2.24, 2.45) is 5.92 Å². The maximum atomic E-state index is 12.1. The maximum Gasteiger partial charge on any atom is 0.184 e. The first-order chi connectivity index (χ1) is 8.74. The van der Waals surface area contributed by atoms with Crippen molar-refractivity contribution in [3.8, 4) is 0 Å². The third kappa shape index (κ3) is 2.10. The first-order valence-corrected chi connectivity index (χ1v) is 6.68. The molecular weight excluding hydrogens is 294 g/mol. The van der Waals surface area contributed by atoms with Crippen molar-refractivity contribution in [2.75, 3.05) is 0 Å². The number of hydrogen-bond donors (Lipinski definition) is 0. The summed E-state index contributed by atoms with van der Waals surface area (Å²) in [5.74, 6) is 0.242. The molecule has 2 aromatic rings. The molecule has 4 nitrogen and oxygen atoms in total. The number of pyridine rings is 1. The standard InChI is InChI=1S/C13H12BrN3O/c14-10-7-16-17(8-10)11-5-9(6-11)13(18)12-3-1-2-4-15-12/h1-4,7-9,11H,5-6H2. The van der Waals surface area contributed by atoms with Gasteiger partial charge >= 0.3 is 0 Å². The molecule has 0 unspecified atom stereocenters. The van der Waals surface area contributed by atoms with E-state index in [0.717, 1.165) is 17.3 Å². The summed E-state index contributed by atoms with van der Waals surface area (Å²) >= 11 is 3.37. The van der Waals surface area contributed by atoms with Crippen molar-refractivity contribution in [1.29, 1.82) is 0 Å². The van der Waals surface area contributed by atoms with E-state index in [1.165, 1.54) is 0 Å².